The van der Waals surface area contributed by atoms with E-state index < -0.39 is 0 Å². The van der Waals surface area contributed by atoms with Gasteiger partial charge in [-0.3, -0.25) is 9.80 Å². The molecule has 0 aliphatic carbocycles. The molecule has 132 valence electrons. The number of amides is 1. The monoisotopic (exact) mass is 339 g/mol. The number of carbonyl (C=O) groups is 1. The Hall–Kier alpha value is -2.27. The fraction of sp³-hybridized carbons (Fsp3) is 0.450. The maximum absolute atomic E-state index is 12.5. The van der Waals surface area contributed by atoms with E-state index in [1.807, 2.05) is 47.5 Å². The van der Waals surface area contributed by atoms with Crippen molar-refractivity contribution in [3.8, 4) is 0 Å². The molecule has 2 unspecified atom stereocenters. The highest BCUT2D eigenvalue weighted by Crippen LogP contribution is 2.35. The third kappa shape index (κ3) is 3.29. The van der Waals surface area contributed by atoms with Crippen LogP contribution in [0.15, 0.2) is 48.7 Å². The molecule has 1 N–H and O–H groups in total. The summed E-state index contributed by atoms with van der Waals surface area (Å²) in [5, 5.41) is 0. The van der Waals surface area contributed by atoms with Crippen molar-refractivity contribution in [3.63, 3.8) is 0 Å². The predicted octanol–water partition coefficient (Wildman–Crippen LogP) is 3.56. The molecule has 3 heterocycles. The van der Waals surface area contributed by atoms with Crippen molar-refractivity contribution >= 4 is 6.09 Å². The van der Waals surface area contributed by atoms with Crippen LogP contribution in [0.25, 0.3) is 0 Å². The fourth-order valence-corrected chi connectivity index (χ4v) is 4.11. The number of likely N-dealkylation sites (tertiary alicyclic amines) is 1. The Balaban J connectivity index is 1.38. The van der Waals surface area contributed by atoms with E-state index in [1.54, 1.807) is 0 Å². The molecule has 4 rings (SSSR count). The lowest BCUT2D eigenvalue weighted by Gasteiger charge is -2.37. The van der Waals surface area contributed by atoms with Gasteiger partial charge in [-0.15, -0.1) is 0 Å². The summed E-state index contributed by atoms with van der Waals surface area (Å²) in [4.78, 5) is 20.2. The molecular formula is C20H25N3O2. The molecule has 1 aromatic heterocycles. The summed E-state index contributed by atoms with van der Waals surface area (Å²) in [6, 6.07) is 14.6. The van der Waals surface area contributed by atoms with Gasteiger partial charge >= 0.3 is 6.09 Å². The Kier molecular flexibility index (Phi) is 4.49. The minimum Gasteiger partial charge on any atom is -0.439 e. The van der Waals surface area contributed by atoms with E-state index in [9.17, 15) is 4.79 Å². The van der Waals surface area contributed by atoms with Crippen LogP contribution < -0.4 is 0 Å². The number of hydrogen-bond donors (Lipinski definition) is 1. The Morgan fingerprint density at radius 3 is 2.56 bits per heavy atom. The molecule has 5 heteroatoms. The number of benzene rings is 1. The normalized spacial score (nSPS) is 25.3. The van der Waals surface area contributed by atoms with Gasteiger partial charge in [0, 0.05) is 37.6 Å². The van der Waals surface area contributed by atoms with E-state index >= 15 is 0 Å². The van der Waals surface area contributed by atoms with Gasteiger partial charge in [-0.25, -0.2) is 4.79 Å². The number of hydrogen-bond acceptors (Lipinski definition) is 3. The zero-order chi connectivity index (χ0) is 17.2. The van der Waals surface area contributed by atoms with Gasteiger partial charge in [-0.2, -0.15) is 0 Å². The number of nitrogens with one attached hydrogen (secondary N) is 1. The lowest BCUT2D eigenvalue weighted by atomic mass is 9.98. The molecule has 25 heavy (non-hydrogen) atoms. The zero-order valence-electron chi connectivity index (χ0n) is 14.6. The number of nitrogens with zero attached hydrogens (tertiary/aromatic N) is 2. The highest BCUT2D eigenvalue weighted by molar-refractivity contribution is 5.71. The van der Waals surface area contributed by atoms with Crippen LogP contribution in [-0.4, -0.2) is 46.1 Å². The summed E-state index contributed by atoms with van der Waals surface area (Å²) in [7, 11) is 0. The summed E-state index contributed by atoms with van der Waals surface area (Å²) in [5.41, 5.74) is 2.33. The molecule has 2 aliphatic rings. The molecule has 1 aromatic carbocycles. The average molecular weight is 339 g/mol. The minimum absolute atomic E-state index is 0.0786. The third-order valence-corrected chi connectivity index (χ3v) is 5.45. The van der Waals surface area contributed by atoms with Crippen molar-refractivity contribution in [2.45, 2.75) is 44.5 Å². The first kappa shape index (κ1) is 16.2. The molecule has 5 nitrogen and oxygen atoms in total. The maximum atomic E-state index is 12.5. The first-order valence-electron chi connectivity index (χ1n) is 9.11. The largest absolute Gasteiger partial charge is 0.439 e. The number of H-pyrrole nitrogens is 1. The number of aromatic nitrogens is 1. The van der Waals surface area contributed by atoms with E-state index in [1.165, 1.54) is 5.69 Å². The zero-order valence-corrected chi connectivity index (χ0v) is 14.6. The number of aromatic amines is 1. The molecule has 0 radical (unpaired) electrons. The van der Waals surface area contributed by atoms with Gasteiger partial charge < -0.3 is 9.72 Å². The van der Waals surface area contributed by atoms with Crippen molar-refractivity contribution in [2.24, 2.45) is 0 Å². The third-order valence-electron chi connectivity index (χ3n) is 5.45. The minimum atomic E-state index is -0.163. The topological polar surface area (TPSA) is 48.6 Å². The molecule has 0 saturated carbocycles. The molecule has 2 atom stereocenters. The number of carbonyl (C=O) groups excluding carboxylic acids is 1. The Labute approximate surface area is 148 Å². The molecular weight excluding hydrogens is 314 g/mol. The highest BCUT2D eigenvalue weighted by atomic mass is 16.6. The van der Waals surface area contributed by atoms with Crippen LogP contribution in [0, 0.1) is 0 Å². The molecule has 2 aliphatic heterocycles. The number of ether oxygens (including phenoxy) is 1. The van der Waals surface area contributed by atoms with Crippen LogP contribution in [0.4, 0.5) is 4.79 Å². The molecule has 0 bridgehead atoms. The summed E-state index contributed by atoms with van der Waals surface area (Å²) in [6.07, 6.45) is 3.65. The van der Waals surface area contributed by atoms with Crippen LogP contribution in [0.3, 0.4) is 0 Å². The van der Waals surface area contributed by atoms with Crippen molar-refractivity contribution in [2.75, 3.05) is 13.1 Å². The predicted molar refractivity (Wildman–Crippen MR) is 96.1 cm³/mol. The smallest absolute Gasteiger partial charge is 0.411 e. The fourth-order valence-electron chi connectivity index (χ4n) is 4.11. The van der Waals surface area contributed by atoms with Crippen LogP contribution >= 0.6 is 0 Å². The lowest BCUT2D eigenvalue weighted by molar-refractivity contribution is 0.105. The van der Waals surface area contributed by atoms with Gasteiger partial charge in [0.25, 0.3) is 0 Å². The van der Waals surface area contributed by atoms with Crippen LogP contribution in [0.1, 0.15) is 37.1 Å². The lowest BCUT2D eigenvalue weighted by Crippen LogP contribution is -2.47. The Morgan fingerprint density at radius 1 is 1.12 bits per heavy atom. The number of cyclic esters (lactones) is 1. The standard InChI is InChI=1S/C20H25N3O2/c1-15-19(16-6-3-2-4-7-16)25-20(24)23(15)18-9-12-22(13-10-18)14-17-8-5-11-21-17/h2-8,11,15,18-19,21H,9-10,12-14H2,1H3. The van der Waals surface area contributed by atoms with Crippen LogP contribution in [0.5, 0.6) is 0 Å². The van der Waals surface area contributed by atoms with Gasteiger partial charge in [-0.1, -0.05) is 30.3 Å². The number of rotatable bonds is 4. The molecule has 2 aromatic rings. The van der Waals surface area contributed by atoms with Crippen molar-refractivity contribution in [1.29, 1.82) is 0 Å². The van der Waals surface area contributed by atoms with E-state index in [-0.39, 0.29) is 24.3 Å². The van der Waals surface area contributed by atoms with E-state index in [2.05, 4.69) is 22.9 Å². The van der Waals surface area contributed by atoms with Gasteiger partial charge in [0.05, 0.1) is 6.04 Å². The molecule has 2 fully saturated rings. The Bertz CT molecular complexity index is 693. The highest BCUT2D eigenvalue weighted by Gasteiger charge is 2.43. The van der Waals surface area contributed by atoms with Gasteiger partial charge in [0.1, 0.15) is 6.10 Å². The van der Waals surface area contributed by atoms with Crippen molar-refractivity contribution < 1.29 is 9.53 Å². The summed E-state index contributed by atoms with van der Waals surface area (Å²) in [5.74, 6) is 0. The van der Waals surface area contributed by atoms with Gasteiger partial charge in [0.2, 0.25) is 0 Å². The van der Waals surface area contributed by atoms with Gasteiger partial charge in [0.15, 0.2) is 0 Å². The second-order valence-corrected chi connectivity index (χ2v) is 7.07. The quantitative estimate of drug-likeness (QED) is 0.926. The van der Waals surface area contributed by atoms with E-state index in [4.69, 9.17) is 4.74 Å². The van der Waals surface area contributed by atoms with E-state index in [0.717, 1.165) is 38.0 Å². The summed E-state index contributed by atoms with van der Waals surface area (Å²) < 4.78 is 5.71. The maximum Gasteiger partial charge on any atom is 0.411 e. The second kappa shape index (κ2) is 6.92. The SMILES string of the molecule is CC1C(c2ccccc2)OC(=O)N1C1CCN(Cc2ccc[nH]2)CC1. The van der Waals surface area contributed by atoms with Gasteiger partial charge in [-0.05, 0) is 37.5 Å². The molecule has 2 saturated heterocycles. The second-order valence-electron chi connectivity index (χ2n) is 7.07. The Morgan fingerprint density at radius 2 is 1.88 bits per heavy atom. The number of piperidine rings is 1. The summed E-state index contributed by atoms with van der Waals surface area (Å²) in [6.45, 7) is 5.08. The average Bonchev–Trinajstić information content (AvgIpc) is 3.25. The van der Waals surface area contributed by atoms with Crippen LogP contribution in [0.2, 0.25) is 0 Å². The van der Waals surface area contributed by atoms with E-state index in [0.29, 0.717) is 0 Å². The first-order chi connectivity index (χ1) is 12.2. The van der Waals surface area contributed by atoms with Crippen molar-refractivity contribution in [1.82, 2.24) is 14.8 Å². The molecule has 0 spiro atoms. The van der Waals surface area contributed by atoms with Crippen molar-refractivity contribution in [3.05, 3.63) is 59.9 Å². The first-order valence-corrected chi connectivity index (χ1v) is 9.11. The molecule has 1 amide bonds. The summed E-state index contributed by atoms with van der Waals surface area (Å²) >= 11 is 0. The van der Waals surface area contributed by atoms with Crippen LogP contribution in [-0.2, 0) is 11.3 Å².